The molecule has 2 aliphatic rings. The maximum absolute atomic E-state index is 11.2. The van der Waals surface area contributed by atoms with Crippen LogP contribution in [0.25, 0.3) is 0 Å². The molecule has 0 radical (unpaired) electrons. The first-order valence-corrected chi connectivity index (χ1v) is 6.82. The lowest BCUT2D eigenvalue weighted by Gasteiger charge is -2.41. The van der Waals surface area contributed by atoms with Crippen LogP contribution in [0.4, 0.5) is 0 Å². The summed E-state index contributed by atoms with van der Waals surface area (Å²) in [5, 5.41) is 9.21. The van der Waals surface area contributed by atoms with E-state index in [1.165, 1.54) is 19.4 Å². The van der Waals surface area contributed by atoms with Crippen LogP contribution >= 0.6 is 0 Å². The van der Waals surface area contributed by atoms with Crippen LogP contribution in [0.3, 0.4) is 0 Å². The number of likely N-dealkylation sites (N-methyl/N-ethyl adjacent to an activating group) is 1. The predicted octanol–water partition coefficient (Wildman–Crippen LogP) is 1.41. The standard InChI is InChI=1S/C13H24N2O2/c1-3-12(13(16)17)14(2)10-6-8-15-7-4-5-11(15)9-10/h10-12H,3-9H2,1-2H3,(H,16,17). The quantitative estimate of drug-likeness (QED) is 0.807. The van der Waals surface area contributed by atoms with Gasteiger partial charge >= 0.3 is 5.97 Å². The van der Waals surface area contributed by atoms with Crippen molar-refractivity contribution in [3.63, 3.8) is 0 Å². The average Bonchev–Trinajstić information content (AvgIpc) is 2.75. The SMILES string of the molecule is CCC(C(=O)O)N(C)C1CCN2CCCC2C1. The lowest BCUT2D eigenvalue weighted by molar-refractivity contribution is -0.144. The highest BCUT2D eigenvalue weighted by Gasteiger charge is 2.36. The molecule has 3 unspecified atom stereocenters. The first-order valence-electron chi connectivity index (χ1n) is 6.82. The molecule has 2 saturated heterocycles. The number of hydrogen-bond donors (Lipinski definition) is 1. The second kappa shape index (κ2) is 5.36. The second-order valence-electron chi connectivity index (χ2n) is 5.44. The highest BCUT2D eigenvalue weighted by atomic mass is 16.4. The molecule has 0 aliphatic carbocycles. The molecule has 0 aromatic heterocycles. The summed E-state index contributed by atoms with van der Waals surface area (Å²) in [6, 6.07) is 0.853. The number of rotatable bonds is 4. The van der Waals surface area contributed by atoms with E-state index in [0.717, 1.165) is 19.4 Å². The van der Waals surface area contributed by atoms with Crippen molar-refractivity contribution in [1.29, 1.82) is 0 Å². The molecule has 4 nitrogen and oxygen atoms in total. The molecule has 2 rings (SSSR count). The fourth-order valence-electron chi connectivity index (χ4n) is 3.46. The van der Waals surface area contributed by atoms with Crippen molar-refractivity contribution in [2.45, 2.75) is 57.2 Å². The summed E-state index contributed by atoms with van der Waals surface area (Å²) in [6.07, 6.45) is 5.58. The van der Waals surface area contributed by atoms with E-state index in [-0.39, 0.29) is 6.04 Å². The van der Waals surface area contributed by atoms with E-state index in [2.05, 4.69) is 9.80 Å². The normalized spacial score (nSPS) is 31.5. The summed E-state index contributed by atoms with van der Waals surface area (Å²) < 4.78 is 0. The summed E-state index contributed by atoms with van der Waals surface area (Å²) in [6.45, 7) is 4.35. The molecule has 0 spiro atoms. The zero-order valence-electron chi connectivity index (χ0n) is 10.9. The smallest absolute Gasteiger partial charge is 0.320 e. The Bertz CT molecular complexity index is 283. The number of piperidine rings is 1. The van der Waals surface area contributed by atoms with Gasteiger partial charge in [-0.15, -0.1) is 0 Å². The molecule has 0 aromatic rings. The van der Waals surface area contributed by atoms with Gasteiger partial charge in [-0.2, -0.15) is 0 Å². The largest absolute Gasteiger partial charge is 0.480 e. The van der Waals surface area contributed by atoms with Crippen LogP contribution in [0.5, 0.6) is 0 Å². The summed E-state index contributed by atoms with van der Waals surface area (Å²) in [5.74, 6) is -0.677. The zero-order chi connectivity index (χ0) is 12.4. The van der Waals surface area contributed by atoms with Crippen molar-refractivity contribution in [3.8, 4) is 0 Å². The van der Waals surface area contributed by atoms with Crippen molar-refractivity contribution in [3.05, 3.63) is 0 Å². The monoisotopic (exact) mass is 240 g/mol. The Morgan fingerprint density at radius 1 is 1.47 bits per heavy atom. The number of fused-ring (bicyclic) bond motifs is 1. The molecule has 98 valence electrons. The van der Waals surface area contributed by atoms with Gasteiger partial charge in [0.15, 0.2) is 0 Å². The summed E-state index contributed by atoms with van der Waals surface area (Å²) in [4.78, 5) is 15.9. The van der Waals surface area contributed by atoms with Crippen LogP contribution < -0.4 is 0 Å². The van der Waals surface area contributed by atoms with Gasteiger partial charge in [-0.05, 0) is 52.2 Å². The fraction of sp³-hybridized carbons (Fsp3) is 0.923. The first-order chi connectivity index (χ1) is 8.13. The third-order valence-electron chi connectivity index (χ3n) is 4.53. The predicted molar refractivity (Wildman–Crippen MR) is 67.1 cm³/mol. The molecule has 2 heterocycles. The van der Waals surface area contributed by atoms with Crippen molar-refractivity contribution in [2.24, 2.45) is 0 Å². The molecule has 0 saturated carbocycles. The maximum Gasteiger partial charge on any atom is 0.320 e. The Kier molecular flexibility index (Phi) is 4.05. The fourth-order valence-corrected chi connectivity index (χ4v) is 3.46. The molecule has 0 amide bonds. The zero-order valence-corrected chi connectivity index (χ0v) is 10.9. The van der Waals surface area contributed by atoms with Gasteiger partial charge < -0.3 is 10.0 Å². The number of aliphatic carboxylic acids is 1. The third kappa shape index (κ3) is 2.63. The highest BCUT2D eigenvalue weighted by Crippen LogP contribution is 2.29. The number of carboxylic acids is 1. The molecular formula is C13H24N2O2. The summed E-state index contributed by atoms with van der Waals surface area (Å²) in [5.41, 5.74) is 0. The highest BCUT2D eigenvalue weighted by molar-refractivity contribution is 5.73. The van der Waals surface area contributed by atoms with E-state index < -0.39 is 5.97 Å². The van der Waals surface area contributed by atoms with Gasteiger partial charge in [0.1, 0.15) is 6.04 Å². The number of nitrogens with zero attached hydrogens (tertiary/aromatic N) is 2. The maximum atomic E-state index is 11.2. The molecule has 0 aromatic carbocycles. The molecule has 2 aliphatic heterocycles. The van der Waals surface area contributed by atoms with Gasteiger partial charge in [0.2, 0.25) is 0 Å². The molecule has 17 heavy (non-hydrogen) atoms. The third-order valence-corrected chi connectivity index (χ3v) is 4.53. The average molecular weight is 240 g/mol. The first kappa shape index (κ1) is 12.8. The topological polar surface area (TPSA) is 43.8 Å². The van der Waals surface area contributed by atoms with Crippen LogP contribution in [0.15, 0.2) is 0 Å². The van der Waals surface area contributed by atoms with Crippen molar-refractivity contribution >= 4 is 5.97 Å². The Hall–Kier alpha value is -0.610. The second-order valence-corrected chi connectivity index (χ2v) is 5.44. The molecule has 2 fully saturated rings. The minimum atomic E-state index is -0.677. The Balaban J connectivity index is 1.95. The van der Waals surface area contributed by atoms with Gasteiger partial charge in [-0.3, -0.25) is 9.69 Å². The van der Waals surface area contributed by atoms with E-state index >= 15 is 0 Å². The molecule has 1 N–H and O–H groups in total. The van der Waals surface area contributed by atoms with Gasteiger partial charge in [0.05, 0.1) is 0 Å². The molecule has 3 atom stereocenters. The van der Waals surface area contributed by atoms with Gasteiger partial charge in [-0.1, -0.05) is 6.92 Å². The lowest BCUT2D eigenvalue weighted by atomic mass is 9.95. The van der Waals surface area contributed by atoms with Crippen LogP contribution in [0, 0.1) is 0 Å². The Morgan fingerprint density at radius 3 is 2.88 bits per heavy atom. The lowest BCUT2D eigenvalue weighted by Crippen LogP contribution is -2.51. The van der Waals surface area contributed by atoms with Crippen LogP contribution in [-0.2, 0) is 4.79 Å². The van der Waals surface area contributed by atoms with Crippen molar-refractivity contribution in [2.75, 3.05) is 20.1 Å². The van der Waals surface area contributed by atoms with E-state index in [1.54, 1.807) is 0 Å². The van der Waals surface area contributed by atoms with E-state index in [1.807, 2.05) is 14.0 Å². The molecule has 0 bridgehead atoms. The number of carbonyl (C=O) groups is 1. The Labute approximate surface area is 104 Å². The van der Waals surface area contributed by atoms with Crippen LogP contribution in [-0.4, -0.2) is 59.1 Å². The van der Waals surface area contributed by atoms with Gasteiger partial charge in [0, 0.05) is 12.1 Å². The molecular weight excluding hydrogens is 216 g/mol. The van der Waals surface area contributed by atoms with E-state index in [0.29, 0.717) is 18.5 Å². The van der Waals surface area contributed by atoms with Crippen LogP contribution in [0.2, 0.25) is 0 Å². The minimum Gasteiger partial charge on any atom is -0.480 e. The Morgan fingerprint density at radius 2 is 2.24 bits per heavy atom. The summed E-state index contributed by atoms with van der Waals surface area (Å²) in [7, 11) is 1.98. The molecule has 4 heteroatoms. The van der Waals surface area contributed by atoms with Gasteiger partial charge in [-0.25, -0.2) is 0 Å². The minimum absolute atomic E-state index is 0.312. The summed E-state index contributed by atoms with van der Waals surface area (Å²) >= 11 is 0. The van der Waals surface area contributed by atoms with Crippen molar-refractivity contribution < 1.29 is 9.90 Å². The number of carboxylic acid groups (broad SMARTS) is 1. The van der Waals surface area contributed by atoms with E-state index in [9.17, 15) is 9.90 Å². The van der Waals surface area contributed by atoms with Crippen LogP contribution in [0.1, 0.15) is 39.0 Å². The van der Waals surface area contributed by atoms with Crippen molar-refractivity contribution in [1.82, 2.24) is 9.80 Å². The van der Waals surface area contributed by atoms with E-state index in [4.69, 9.17) is 0 Å². The number of hydrogen-bond acceptors (Lipinski definition) is 3. The van der Waals surface area contributed by atoms with Gasteiger partial charge in [0.25, 0.3) is 0 Å².